The summed E-state index contributed by atoms with van der Waals surface area (Å²) in [7, 11) is 1.50. The third-order valence-corrected chi connectivity index (χ3v) is 17.7. The van der Waals surface area contributed by atoms with Crippen LogP contribution >= 0.6 is 7.82 Å². The van der Waals surface area contributed by atoms with Gasteiger partial charge < -0.3 is 18.9 Å². The fourth-order valence-corrected chi connectivity index (χ4v) is 11.8. The molecular formula is C74H143NO8P+. The minimum absolute atomic E-state index is 0.0355. The van der Waals surface area contributed by atoms with Gasteiger partial charge in [-0.1, -0.05) is 346 Å². The normalized spacial score (nSPS) is 13.3. The van der Waals surface area contributed by atoms with E-state index in [-0.39, 0.29) is 25.6 Å². The lowest BCUT2D eigenvalue weighted by molar-refractivity contribution is -0.870. The lowest BCUT2D eigenvalue weighted by Crippen LogP contribution is -2.37. The molecule has 0 radical (unpaired) electrons. The van der Waals surface area contributed by atoms with E-state index in [1.807, 2.05) is 21.1 Å². The molecule has 496 valence electrons. The number of rotatable bonds is 69. The first-order valence-electron chi connectivity index (χ1n) is 36.7. The fraction of sp³-hybridized carbons (Fsp3) is 0.892. The Morgan fingerprint density at radius 3 is 0.952 bits per heavy atom. The van der Waals surface area contributed by atoms with Crippen LogP contribution in [0.15, 0.2) is 36.5 Å². The van der Waals surface area contributed by atoms with Crippen molar-refractivity contribution in [3.05, 3.63) is 36.5 Å². The number of unbranched alkanes of at least 4 members (excludes halogenated alkanes) is 49. The van der Waals surface area contributed by atoms with Crippen LogP contribution in [0.5, 0.6) is 0 Å². The second-order valence-corrected chi connectivity index (χ2v) is 27.8. The summed E-state index contributed by atoms with van der Waals surface area (Å²) in [6, 6.07) is 0. The molecule has 0 aliphatic rings. The third-order valence-electron chi connectivity index (χ3n) is 16.7. The van der Waals surface area contributed by atoms with Gasteiger partial charge in [-0.3, -0.25) is 18.6 Å². The van der Waals surface area contributed by atoms with Crippen molar-refractivity contribution < 1.29 is 42.1 Å². The van der Waals surface area contributed by atoms with Crippen molar-refractivity contribution in [1.29, 1.82) is 0 Å². The van der Waals surface area contributed by atoms with Gasteiger partial charge >= 0.3 is 19.8 Å². The molecule has 0 amide bonds. The van der Waals surface area contributed by atoms with E-state index in [0.717, 1.165) is 44.9 Å². The summed E-state index contributed by atoms with van der Waals surface area (Å²) >= 11 is 0. The molecule has 0 aromatic heterocycles. The highest BCUT2D eigenvalue weighted by molar-refractivity contribution is 7.47. The lowest BCUT2D eigenvalue weighted by atomic mass is 10.0. The van der Waals surface area contributed by atoms with Crippen molar-refractivity contribution in [2.45, 2.75) is 380 Å². The molecule has 0 spiro atoms. The minimum atomic E-state index is -4.39. The van der Waals surface area contributed by atoms with Gasteiger partial charge in [0.2, 0.25) is 0 Å². The number of carbonyl (C=O) groups is 2. The minimum Gasteiger partial charge on any atom is -0.462 e. The van der Waals surface area contributed by atoms with Crippen LogP contribution in [-0.4, -0.2) is 74.9 Å². The molecule has 84 heavy (non-hydrogen) atoms. The van der Waals surface area contributed by atoms with Gasteiger partial charge in [0, 0.05) is 12.8 Å². The van der Waals surface area contributed by atoms with Crippen molar-refractivity contribution >= 4 is 19.8 Å². The first kappa shape index (κ1) is 82.2. The lowest BCUT2D eigenvalue weighted by Gasteiger charge is -2.24. The van der Waals surface area contributed by atoms with Gasteiger partial charge in [-0.05, 0) is 51.4 Å². The SMILES string of the molecule is CCCCCCC/C=C\C/C=C\C/C=C\CCCCCCCCCCCCCCCCCCCCCCCCC(=O)OC(COC(=O)CCCCCCCCCCCCCCCCCCCCCCCCC)COP(=O)(O)OCC[N+](C)(C)C. The van der Waals surface area contributed by atoms with Crippen LogP contribution in [0, 0.1) is 0 Å². The van der Waals surface area contributed by atoms with Gasteiger partial charge in [0.05, 0.1) is 27.7 Å². The third kappa shape index (κ3) is 69.3. The summed E-state index contributed by atoms with van der Waals surface area (Å²) in [4.78, 5) is 35.9. The predicted octanol–water partition coefficient (Wildman–Crippen LogP) is 23.8. The van der Waals surface area contributed by atoms with Crippen LogP contribution in [0.25, 0.3) is 0 Å². The molecule has 0 bridgehead atoms. The first-order valence-corrected chi connectivity index (χ1v) is 38.2. The van der Waals surface area contributed by atoms with Gasteiger partial charge in [0.15, 0.2) is 6.10 Å². The van der Waals surface area contributed by atoms with E-state index < -0.39 is 26.5 Å². The number of phosphoric ester groups is 1. The smallest absolute Gasteiger partial charge is 0.462 e. The molecular weight excluding hydrogens is 1060 g/mol. The molecule has 0 heterocycles. The number of esters is 2. The maximum Gasteiger partial charge on any atom is 0.472 e. The van der Waals surface area contributed by atoms with E-state index in [1.165, 1.54) is 295 Å². The zero-order valence-corrected chi connectivity index (χ0v) is 57.6. The van der Waals surface area contributed by atoms with E-state index >= 15 is 0 Å². The molecule has 0 fully saturated rings. The van der Waals surface area contributed by atoms with Gasteiger partial charge in [-0.15, -0.1) is 0 Å². The van der Waals surface area contributed by atoms with Crippen molar-refractivity contribution in [2.24, 2.45) is 0 Å². The monoisotopic (exact) mass is 1210 g/mol. The average Bonchev–Trinajstić information content (AvgIpc) is 3.61. The van der Waals surface area contributed by atoms with Gasteiger partial charge in [-0.25, -0.2) is 4.57 Å². The molecule has 0 saturated heterocycles. The number of nitrogens with zero attached hydrogens (tertiary/aromatic N) is 1. The van der Waals surface area contributed by atoms with Gasteiger partial charge in [-0.2, -0.15) is 0 Å². The van der Waals surface area contributed by atoms with Crippen LogP contribution < -0.4 is 0 Å². The quantitative estimate of drug-likeness (QED) is 0.0211. The maximum absolute atomic E-state index is 12.9. The van der Waals surface area contributed by atoms with E-state index in [4.69, 9.17) is 18.5 Å². The Hall–Kier alpha value is -1.77. The molecule has 0 aromatic rings. The maximum atomic E-state index is 12.9. The Kier molecular flexibility index (Phi) is 64.3. The molecule has 10 heteroatoms. The first-order chi connectivity index (χ1) is 41.0. The topological polar surface area (TPSA) is 108 Å². The Morgan fingerprint density at radius 1 is 0.369 bits per heavy atom. The number of hydrogen-bond acceptors (Lipinski definition) is 7. The standard InChI is InChI=1S/C74H142NO8P/c1-6-8-10-12-14-16-18-20-22-24-26-28-30-31-32-33-34-35-36-37-38-39-40-41-42-43-45-47-49-51-53-55-57-59-61-63-65-67-74(77)83-72(71-82-84(78,79)81-69-68-75(3,4)5)70-80-73(76)66-64-62-60-58-56-54-52-50-48-46-44-29-27-25-23-21-19-17-15-13-11-9-7-2/h18,20,24,26,30-31,72H,6-17,19,21-23,25,27-29,32-71H2,1-5H3/p+1/b20-18-,26-24-,31-30-. The van der Waals surface area contributed by atoms with Gasteiger partial charge in [0.25, 0.3) is 0 Å². The van der Waals surface area contributed by atoms with Crippen molar-refractivity contribution in [1.82, 2.24) is 0 Å². The summed E-state index contributed by atoms with van der Waals surface area (Å²) in [5.74, 6) is -0.772. The number of likely N-dealkylation sites (N-methyl/N-ethyl adjacent to an activating group) is 1. The number of phosphoric acid groups is 1. The summed E-state index contributed by atoms with van der Waals surface area (Å²) < 4.78 is 34.8. The zero-order valence-electron chi connectivity index (χ0n) is 56.7. The summed E-state index contributed by atoms with van der Waals surface area (Å²) in [5, 5.41) is 0. The molecule has 0 rings (SSSR count). The highest BCUT2D eigenvalue weighted by Gasteiger charge is 2.27. The molecule has 0 aliphatic heterocycles. The molecule has 0 saturated carbocycles. The second-order valence-electron chi connectivity index (χ2n) is 26.3. The number of ether oxygens (including phenoxy) is 2. The fourth-order valence-electron chi connectivity index (χ4n) is 11.0. The molecule has 0 aromatic carbocycles. The van der Waals surface area contributed by atoms with Crippen LogP contribution in [0.3, 0.4) is 0 Å². The Bertz CT molecular complexity index is 1510. The molecule has 2 atom stereocenters. The Morgan fingerprint density at radius 2 is 0.643 bits per heavy atom. The van der Waals surface area contributed by atoms with E-state index in [0.29, 0.717) is 23.9 Å². The van der Waals surface area contributed by atoms with Crippen molar-refractivity contribution in [3.8, 4) is 0 Å². The molecule has 2 unspecified atom stereocenters. The Balaban J connectivity index is 3.94. The second kappa shape index (κ2) is 65.7. The highest BCUT2D eigenvalue weighted by atomic mass is 31.2. The number of quaternary nitrogens is 1. The van der Waals surface area contributed by atoms with E-state index in [1.54, 1.807) is 0 Å². The zero-order chi connectivity index (χ0) is 61.2. The van der Waals surface area contributed by atoms with Crippen LogP contribution in [0.4, 0.5) is 0 Å². The van der Waals surface area contributed by atoms with Crippen molar-refractivity contribution in [3.63, 3.8) is 0 Å². The molecule has 1 N–H and O–H groups in total. The molecule has 9 nitrogen and oxygen atoms in total. The largest absolute Gasteiger partial charge is 0.472 e. The molecule has 0 aliphatic carbocycles. The summed E-state index contributed by atoms with van der Waals surface area (Å²) in [6.07, 6.45) is 84.1. The number of carbonyl (C=O) groups excluding carboxylic acids is 2. The Labute approximate surface area is 522 Å². The average molecular weight is 1210 g/mol. The highest BCUT2D eigenvalue weighted by Crippen LogP contribution is 2.43. The van der Waals surface area contributed by atoms with E-state index in [2.05, 4.69) is 50.3 Å². The predicted molar refractivity (Wildman–Crippen MR) is 363 cm³/mol. The summed E-state index contributed by atoms with van der Waals surface area (Å²) in [6.45, 7) is 4.50. The van der Waals surface area contributed by atoms with Crippen LogP contribution in [-0.2, 0) is 32.7 Å². The van der Waals surface area contributed by atoms with E-state index in [9.17, 15) is 19.0 Å². The van der Waals surface area contributed by atoms with Gasteiger partial charge in [0.1, 0.15) is 19.8 Å². The van der Waals surface area contributed by atoms with Crippen LogP contribution in [0.1, 0.15) is 373 Å². The number of allylic oxidation sites excluding steroid dienone is 6. The van der Waals surface area contributed by atoms with Crippen LogP contribution in [0.2, 0.25) is 0 Å². The number of hydrogen-bond donors (Lipinski definition) is 1. The summed E-state index contributed by atoms with van der Waals surface area (Å²) in [5.41, 5.74) is 0. The van der Waals surface area contributed by atoms with Crippen molar-refractivity contribution in [2.75, 3.05) is 47.5 Å².